The van der Waals surface area contributed by atoms with E-state index in [0.29, 0.717) is 4.88 Å². The molecule has 128 valence electrons. The molecule has 1 amide bonds. The average Bonchev–Trinajstić information content (AvgIpc) is 3.20. The molecule has 0 bridgehead atoms. The number of carbonyl (C=O) groups excluding carboxylic acids is 1. The van der Waals surface area contributed by atoms with Gasteiger partial charge in [0.25, 0.3) is 5.91 Å². The second-order valence-electron chi connectivity index (χ2n) is 4.87. The van der Waals surface area contributed by atoms with Gasteiger partial charge in [-0.3, -0.25) is 14.9 Å². The maximum Gasteiger partial charge on any atom is 0.324 e. The van der Waals surface area contributed by atoms with Crippen LogP contribution in [0.1, 0.15) is 11.8 Å². The number of hydrogen-bond acceptors (Lipinski definition) is 8. The number of aromatic nitrogens is 1. The SMILES string of the molecule is C[C@H](Sc1nc2ccccc2s1)C(=O)N/N=C\c1ccc([N+](=O)[O-])s1. The van der Waals surface area contributed by atoms with Gasteiger partial charge in [0.2, 0.25) is 0 Å². The summed E-state index contributed by atoms with van der Waals surface area (Å²) in [5.74, 6) is -0.258. The number of nitro groups is 1. The Morgan fingerprint density at radius 1 is 1.36 bits per heavy atom. The van der Waals surface area contributed by atoms with Crippen molar-refractivity contribution in [3.63, 3.8) is 0 Å². The van der Waals surface area contributed by atoms with Gasteiger partial charge in [-0.2, -0.15) is 5.10 Å². The quantitative estimate of drug-likeness (QED) is 0.297. The highest BCUT2D eigenvalue weighted by Gasteiger charge is 2.16. The van der Waals surface area contributed by atoms with Crippen molar-refractivity contribution in [2.24, 2.45) is 5.10 Å². The third-order valence-corrected chi connectivity index (χ3v) is 6.28. The van der Waals surface area contributed by atoms with Crippen molar-refractivity contribution in [2.45, 2.75) is 16.5 Å². The van der Waals surface area contributed by atoms with E-state index in [1.807, 2.05) is 24.3 Å². The van der Waals surface area contributed by atoms with Gasteiger partial charge in [-0.05, 0) is 25.1 Å². The molecule has 2 aromatic heterocycles. The van der Waals surface area contributed by atoms with Gasteiger partial charge in [0.05, 0.1) is 31.5 Å². The Kier molecular flexibility index (Phi) is 5.41. The molecule has 1 N–H and O–H groups in total. The van der Waals surface area contributed by atoms with Crippen LogP contribution in [-0.2, 0) is 4.79 Å². The molecule has 10 heteroatoms. The highest BCUT2D eigenvalue weighted by Crippen LogP contribution is 2.31. The van der Waals surface area contributed by atoms with Crippen molar-refractivity contribution in [2.75, 3.05) is 0 Å². The topological polar surface area (TPSA) is 97.5 Å². The van der Waals surface area contributed by atoms with Crippen molar-refractivity contribution < 1.29 is 9.72 Å². The molecule has 7 nitrogen and oxygen atoms in total. The van der Waals surface area contributed by atoms with Crippen LogP contribution in [0, 0.1) is 10.1 Å². The fraction of sp³-hybridized carbons (Fsp3) is 0.133. The number of carbonyl (C=O) groups is 1. The molecule has 3 rings (SSSR count). The number of nitrogens with zero attached hydrogens (tertiary/aromatic N) is 3. The predicted molar refractivity (Wildman–Crippen MR) is 102 cm³/mol. The monoisotopic (exact) mass is 392 g/mol. The van der Waals surface area contributed by atoms with Crippen molar-refractivity contribution in [3.8, 4) is 0 Å². The van der Waals surface area contributed by atoms with Crippen LogP contribution in [0.4, 0.5) is 5.00 Å². The third-order valence-electron chi connectivity index (χ3n) is 3.08. The molecule has 0 saturated heterocycles. The first-order valence-electron chi connectivity index (χ1n) is 7.12. The minimum absolute atomic E-state index is 0.0348. The number of thiophene rings is 1. The molecular formula is C15H12N4O3S3. The summed E-state index contributed by atoms with van der Waals surface area (Å²) < 4.78 is 1.90. The summed E-state index contributed by atoms with van der Waals surface area (Å²) in [5.41, 5.74) is 3.36. The van der Waals surface area contributed by atoms with E-state index in [-0.39, 0.29) is 16.2 Å². The van der Waals surface area contributed by atoms with E-state index >= 15 is 0 Å². The Morgan fingerprint density at radius 2 is 2.16 bits per heavy atom. The van der Waals surface area contributed by atoms with E-state index in [1.165, 1.54) is 24.0 Å². The number of fused-ring (bicyclic) bond motifs is 1. The summed E-state index contributed by atoms with van der Waals surface area (Å²) in [7, 11) is 0. The highest BCUT2D eigenvalue weighted by atomic mass is 32.2. The van der Waals surface area contributed by atoms with Gasteiger partial charge >= 0.3 is 5.00 Å². The number of amides is 1. The summed E-state index contributed by atoms with van der Waals surface area (Å²) in [4.78, 5) is 27.3. The minimum Gasteiger partial charge on any atom is -0.272 e. The zero-order valence-corrected chi connectivity index (χ0v) is 15.4. The van der Waals surface area contributed by atoms with Crippen molar-refractivity contribution in [1.29, 1.82) is 0 Å². The van der Waals surface area contributed by atoms with E-state index in [4.69, 9.17) is 0 Å². The zero-order valence-electron chi connectivity index (χ0n) is 12.9. The van der Waals surface area contributed by atoms with Crippen LogP contribution in [0.15, 0.2) is 45.8 Å². The Morgan fingerprint density at radius 3 is 2.88 bits per heavy atom. The molecule has 0 saturated carbocycles. The van der Waals surface area contributed by atoms with Crippen LogP contribution in [-0.4, -0.2) is 27.3 Å². The summed E-state index contributed by atoms with van der Waals surface area (Å²) in [6.45, 7) is 1.78. The van der Waals surface area contributed by atoms with Crippen molar-refractivity contribution in [1.82, 2.24) is 10.4 Å². The predicted octanol–water partition coefficient (Wildman–Crippen LogP) is 3.90. The number of rotatable bonds is 6. The van der Waals surface area contributed by atoms with E-state index in [2.05, 4.69) is 15.5 Å². The lowest BCUT2D eigenvalue weighted by Gasteiger charge is -2.06. The van der Waals surface area contributed by atoms with Crippen molar-refractivity contribution in [3.05, 3.63) is 51.4 Å². The second-order valence-corrected chi connectivity index (χ2v) is 8.59. The van der Waals surface area contributed by atoms with Crippen LogP contribution in [0.3, 0.4) is 0 Å². The smallest absolute Gasteiger partial charge is 0.272 e. The molecule has 0 fully saturated rings. The maximum atomic E-state index is 12.1. The highest BCUT2D eigenvalue weighted by molar-refractivity contribution is 8.02. The molecule has 0 aliphatic rings. The number of thioether (sulfide) groups is 1. The summed E-state index contributed by atoms with van der Waals surface area (Å²) in [5, 5.41) is 14.1. The van der Waals surface area contributed by atoms with Gasteiger partial charge in [0.15, 0.2) is 4.34 Å². The summed E-state index contributed by atoms with van der Waals surface area (Å²) in [6, 6.07) is 10.8. The minimum atomic E-state index is -0.461. The Bertz CT molecular complexity index is 917. The number of nitrogens with one attached hydrogen (secondary N) is 1. The van der Waals surface area contributed by atoms with Crippen molar-refractivity contribution >= 4 is 61.8 Å². The molecule has 0 aliphatic carbocycles. The zero-order chi connectivity index (χ0) is 17.8. The Balaban J connectivity index is 1.56. The number of para-hydroxylation sites is 1. The number of hydrazone groups is 1. The fourth-order valence-corrected chi connectivity index (χ4v) is 4.76. The maximum absolute atomic E-state index is 12.1. The Hall–Kier alpha value is -2.30. The molecule has 1 aromatic carbocycles. The molecular weight excluding hydrogens is 380 g/mol. The van der Waals surface area contributed by atoms with Crippen LogP contribution in [0.25, 0.3) is 10.2 Å². The first-order valence-corrected chi connectivity index (χ1v) is 9.63. The van der Waals surface area contributed by atoms with E-state index in [9.17, 15) is 14.9 Å². The van der Waals surface area contributed by atoms with Crippen LogP contribution >= 0.6 is 34.4 Å². The molecule has 3 aromatic rings. The first kappa shape index (κ1) is 17.5. The second kappa shape index (κ2) is 7.72. The van der Waals surface area contributed by atoms with E-state index in [1.54, 1.807) is 24.3 Å². The average molecular weight is 392 g/mol. The fourth-order valence-electron chi connectivity index (χ4n) is 1.87. The lowest BCUT2D eigenvalue weighted by atomic mass is 10.3. The lowest BCUT2D eigenvalue weighted by Crippen LogP contribution is -2.26. The van der Waals surface area contributed by atoms with E-state index < -0.39 is 4.92 Å². The number of hydrogen-bond donors (Lipinski definition) is 1. The van der Waals surface area contributed by atoms with Crippen LogP contribution in [0.5, 0.6) is 0 Å². The lowest BCUT2D eigenvalue weighted by molar-refractivity contribution is -0.380. The van der Waals surface area contributed by atoms with Gasteiger partial charge in [-0.1, -0.05) is 35.2 Å². The van der Waals surface area contributed by atoms with Gasteiger partial charge in [0, 0.05) is 6.07 Å². The number of benzene rings is 1. The molecule has 0 unspecified atom stereocenters. The van der Waals surface area contributed by atoms with Gasteiger partial charge in [-0.15, -0.1) is 11.3 Å². The van der Waals surface area contributed by atoms with Crippen LogP contribution in [0.2, 0.25) is 0 Å². The third kappa shape index (κ3) is 4.41. The van der Waals surface area contributed by atoms with Crippen LogP contribution < -0.4 is 5.43 Å². The molecule has 0 radical (unpaired) electrons. The number of thiazole rings is 1. The summed E-state index contributed by atoms with van der Waals surface area (Å²) >= 11 is 3.90. The molecule has 2 heterocycles. The normalized spacial score (nSPS) is 12.5. The molecule has 0 spiro atoms. The van der Waals surface area contributed by atoms with Gasteiger partial charge in [-0.25, -0.2) is 10.4 Å². The summed E-state index contributed by atoms with van der Waals surface area (Å²) in [6.07, 6.45) is 1.39. The van der Waals surface area contributed by atoms with Gasteiger partial charge < -0.3 is 0 Å². The van der Waals surface area contributed by atoms with E-state index in [0.717, 1.165) is 25.9 Å². The first-order chi connectivity index (χ1) is 12.0. The molecule has 0 aliphatic heterocycles. The van der Waals surface area contributed by atoms with Gasteiger partial charge in [0.1, 0.15) is 0 Å². The Labute approximate surface area is 154 Å². The molecule has 25 heavy (non-hydrogen) atoms. The molecule has 1 atom stereocenters. The standard InChI is InChI=1S/C15H12N4O3S3/c1-9(23-15-17-11-4-2-3-5-12(11)25-15)14(20)18-16-8-10-6-7-13(24-10)19(21)22/h2-9H,1H3,(H,18,20)/b16-8-/t9-/m0/s1. The largest absolute Gasteiger partial charge is 0.324 e.